The molecule has 0 spiro atoms. The normalized spacial score (nSPS) is 22.0. The highest BCUT2D eigenvalue weighted by Gasteiger charge is 2.38. The molecule has 2 aliphatic rings. The van der Waals surface area contributed by atoms with Gasteiger partial charge in [-0.1, -0.05) is 0 Å². The number of aromatic nitrogens is 2. The fraction of sp³-hybridized carbons (Fsp3) is 0.643. The molecule has 114 valence electrons. The molecule has 0 saturated carbocycles. The largest absolute Gasteiger partial charge is 0.339 e. The summed E-state index contributed by atoms with van der Waals surface area (Å²) in [6.45, 7) is 5.32. The maximum absolute atomic E-state index is 12.6. The Kier molecular flexibility index (Phi) is 3.35. The minimum atomic E-state index is -0.278. The average Bonchev–Trinajstić information content (AvgIpc) is 3.02. The number of H-pyrrole nitrogens is 2. The summed E-state index contributed by atoms with van der Waals surface area (Å²) in [5.41, 5.74) is 1.36. The first-order valence-electron chi connectivity index (χ1n) is 7.34. The molecule has 1 saturated heterocycles. The minimum Gasteiger partial charge on any atom is -0.339 e. The summed E-state index contributed by atoms with van der Waals surface area (Å²) in [5.74, 6) is -0.252. The van der Waals surface area contributed by atoms with E-state index < -0.39 is 0 Å². The van der Waals surface area contributed by atoms with Crippen molar-refractivity contribution in [2.75, 3.05) is 13.1 Å². The Bertz CT molecular complexity index is 630. The van der Waals surface area contributed by atoms with Crippen molar-refractivity contribution in [3.8, 4) is 0 Å². The maximum Gasteiger partial charge on any atom is 0.269 e. The van der Waals surface area contributed by atoms with Gasteiger partial charge in [-0.25, -0.2) is 0 Å². The van der Waals surface area contributed by atoms with E-state index in [0.717, 1.165) is 5.69 Å². The van der Waals surface area contributed by atoms with Crippen molar-refractivity contribution in [3.63, 3.8) is 0 Å². The molecule has 2 aliphatic heterocycles. The van der Waals surface area contributed by atoms with Crippen LogP contribution in [0.25, 0.3) is 0 Å². The number of hydrogen-bond acceptors (Lipinski definition) is 3. The first-order valence-corrected chi connectivity index (χ1v) is 7.34. The van der Waals surface area contributed by atoms with Crippen molar-refractivity contribution in [2.45, 2.75) is 39.3 Å². The van der Waals surface area contributed by atoms with E-state index in [0.29, 0.717) is 31.6 Å². The van der Waals surface area contributed by atoms with Crippen LogP contribution in [0.4, 0.5) is 0 Å². The Morgan fingerprint density at radius 1 is 1.29 bits per heavy atom. The zero-order valence-corrected chi connectivity index (χ0v) is 12.3. The van der Waals surface area contributed by atoms with Crippen LogP contribution in [-0.4, -0.2) is 50.9 Å². The second-order valence-corrected chi connectivity index (χ2v) is 6.09. The molecule has 2 N–H and O–H groups in total. The monoisotopic (exact) mass is 292 g/mol. The molecular weight excluding hydrogens is 272 g/mol. The standard InChI is InChI=1S/C14H20N4O3/c1-8(2)18-6-9(5-12(18)19)14(21)17-4-3-11-10(7-17)13(20)16-15-11/h8-9H,3-7H2,1-2H3,(H2,15,16,20). The summed E-state index contributed by atoms with van der Waals surface area (Å²) in [5, 5.41) is 5.40. The lowest BCUT2D eigenvalue weighted by molar-refractivity contribution is -0.136. The molecule has 2 amide bonds. The van der Waals surface area contributed by atoms with Crippen LogP contribution in [-0.2, 0) is 22.6 Å². The first kappa shape index (κ1) is 13.9. The Labute approximate surface area is 122 Å². The molecular formula is C14H20N4O3. The number of carbonyl (C=O) groups excluding carboxylic acids is 2. The maximum atomic E-state index is 12.6. The summed E-state index contributed by atoms with van der Waals surface area (Å²) in [7, 11) is 0. The molecule has 3 heterocycles. The summed E-state index contributed by atoms with van der Waals surface area (Å²) >= 11 is 0. The highest BCUT2D eigenvalue weighted by molar-refractivity contribution is 5.89. The van der Waals surface area contributed by atoms with Gasteiger partial charge in [0.2, 0.25) is 11.8 Å². The van der Waals surface area contributed by atoms with Crippen LogP contribution in [0.15, 0.2) is 4.79 Å². The summed E-state index contributed by atoms with van der Waals surface area (Å²) in [6, 6.07) is 0.121. The first-order chi connectivity index (χ1) is 9.97. The van der Waals surface area contributed by atoms with E-state index >= 15 is 0 Å². The van der Waals surface area contributed by atoms with Crippen molar-refractivity contribution in [2.24, 2.45) is 5.92 Å². The van der Waals surface area contributed by atoms with Gasteiger partial charge in [0.15, 0.2) is 0 Å². The van der Waals surface area contributed by atoms with Crippen LogP contribution in [0.2, 0.25) is 0 Å². The van der Waals surface area contributed by atoms with Gasteiger partial charge in [-0.05, 0) is 13.8 Å². The van der Waals surface area contributed by atoms with Crippen LogP contribution in [0, 0.1) is 5.92 Å². The van der Waals surface area contributed by atoms with Crippen LogP contribution >= 0.6 is 0 Å². The third-order valence-electron chi connectivity index (χ3n) is 4.39. The Morgan fingerprint density at radius 2 is 2.05 bits per heavy atom. The number of nitrogens with zero attached hydrogens (tertiary/aromatic N) is 2. The van der Waals surface area contributed by atoms with Crippen LogP contribution in [0.3, 0.4) is 0 Å². The second kappa shape index (κ2) is 5.05. The molecule has 3 rings (SSSR count). The lowest BCUT2D eigenvalue weighted by Crippen LogP contribution is -2.42. The molecule has 1 fully saturated rings. The quantitative estimate of drug-likeness (QED) is 0.794. The lowest BCUT2D eigenvalue weighted by atomic mass is 10.0. The Balaban J connectivity index is 1.72. The topological polar surface area (TPSA) is 89.3 Å². The third-order valence-corrected chi connectivity index (χ3v) is 4.39. The van der Waals surface area contributed by atoms with Crippen molar-refractivity contribution in [1.29, 1.82) is 0 Å². The number of amides is 2. The van der Waals surface area contributed by atoms with E-state index in [9.17, 15) is 14.4 Å². The molecule has 0 aromatic carbocycles. The van der Waals surface area contributed by atoms with Gasteiger partial charge in [0.25, 0.3) is 5.56 Å². The molecule has 21 heavy (non-hydrogen) atoms. The van der Waals surface area contributed by atoms with E-state index in [-0.39, 0.29) is 35.8 Å². The fourth-order valence-electron chi connectivity index (χ4n) is 3.16. The predicted molar refractivity (Wildman–Crippen MR) is 75.5 cm³/mol. The van der Waals surface area contributed by atoms with Gasteiger partial charge < -0.3 is 14.9 Å². The molecule has 7 heteroatoms. The number of carbonyl (C=O) groups is 2. The Hall–Kier alpha value is -2.05. The zero-order chi connectivity index (χ0) is 15.1. The van der Waals surface area contributed by atoms with Gasteiger partial charge in [0, 0.05) is 37.7 Å². The number of nitrogens with one attached hydrogen (secondary N) is 2. The van der Waals surface area contributed by atoms with E-state index in [1.165, 1.54) is 0 Å². The van der Waals surface area contributed by atoms with Gasteiger partial charge in [-0.15, -0.1) is 0 Å². The van der Waals surface area contributed by atoms with Crippen LogP contribution < -0.4 is 5.56 Å². The van der Waals surface area contributed by atoms with Crippen LogP contribution in [0.1, 0.15) is 31.5 Å². The summed E-state index contributed by atoms with van der Waals surface area (Å²) in [6.07, 6.45) is 0.929. The van der Waals surface area contributed by atoms with Gasteiger partial charge in [-0.2, -0.15) is 0 Å². The van der Waals surface area contributed by atoms with Crippen molar-refractivity contribution < 1.29 is 9.59 Å². The van der Waals surface area contributed by atoms with Gasteiger partial charge in [-0.3, -0.25) is 19.5 Å². The smallest absolute Gasteiger partial charge is 0.269 e. The molecule has 7 nitrogen and oxygen atoms in total. The SMILES string of the molecule is CC(C)N1CC(C(=O)N2CCc3[nH][nH]c(=O)c3C2)CC1=O. The molecule has 1 atom stereocenters. The number of fused-ring (bicyclic) bond motifs is 1. The zero-order valence-electron chi connectivity index (χ0n) is 12.3. The number of likely N-dealkylation sites (tertiary alicyclic amines) is 1. The number of hydrogen-bond donors (Lipinski definition) is 2. The fourth-order valence-corrected chi connectivity index (χ4v) is 3.16. The van der Waals surface area contributed by atoms with Gasteiger partial charge in [0.1, 0.15) is 0 Å². The summed E-state index contributed by atoms with van der Waals surface area (Å²) < 4.78 is 0. The molecule has 1 aromatic heterocycles. The average molecular weight is 292 g/mol. The molecule has 0 radical (unpaired) electrons. The van der Waals surface area contributed by atoms with Crippen molar-refractivity contribution in [1.82, 2.24) is 20.0 Å². The molecule has 1 unspecified atom stereocenters. The summed E-state index contributed by atoms with van der Waals surface area (Å²) in [4.78, 5) is 39.6. The van der Waals surface area contributed by atoms with E-state index in [4.69, 9.17) is 0 Å². The van der Waals surface area contributed by atoms with Crippen molar-refractivity contribution >= 4 is 11.8 Å². The van der Waals surface area contributed by atoms with Crippen LogP contribution in [0.5, 0.6) is 0 Å². The Morgan fingerprint density at radius 3 is 2.71 bits per heavy atom. The molecule has 0 bridgehead atoms. The van der Waals surface area contributed by atoms with Crippen molar-refractivity contribution in [3.05, 3.63) is 21.6 Å². The molecule has 1 aromatic rings. The van der Waals surface area contributed by atoms with E-state index in [2.05, 4.69) is 10.2 Å². The van der Waals surface area contributed by atoms with Gasteiger partial charge >= 0.3 is 0 Å². The lowest BCUT2D eigenvalue weighted by Gasteiger charge is -2.28. The minimum absolute atomic E-state index is 0.0160. The highest BCUT2D eigenvalue weighted by Crippen LogP contribution is 2.24. The van der Waals surface area contributed by atoms with E-state index in [1.807, 2.05) is 13.8 Å². The highest BCUT2D eigenvalue weighted by atomic mass is 16.2. The van der Waals surface area contributed by atoms with Gasteiger partial charge in [0.05, 0.1) is 18.0 Å². The number of aromatic amines is 2. The van der Waals surface area contributed by atoms with E-state index in [1.54, 1.807) is 9.80 Å². The third kappa shape index (κ3) is 2.36. The predicted octanol–water partition coefficient (Wildman–Crippen LogP) is -0.155. The second-order valence-electron chi connectivity index (χ2n) is 6.09. The number of rotatable bonds is 2. The molecule has 0 aliphatic carbocycles.